The van der Waals surface area contributed by atoms with Crippen LogP contribution in [0.25, 0.3) is 0 Å². The number of amides is 4. The number of nitrogens with one attached hydrogen (secondary N) is 2. The smallest absolute Gasteiger partial charge is 0.404 e. The normalized spacial score (nSPS) is 20.8. The molecule has 2 aliphatic rings. The van der Waals surface area contributed by atoms with Gasteiger partial charge in [0.05, 0.1) is 12.1 Å². The molecule has 116 valence electrons. The van der Waals surface area contributed by atoms with Crippen LogP contribution in [0.2, 0.25) is 0 Å². The van der Waals surface area contributed by atoms with Gasteiger partial charge in [-0.15, -0.1) is 11.3 Å². The first-order chi connectivity index (χ1) is 10.5. The summed E-state index contributed by atoms with van der Waals surface area (Å²) in [5, 5.41) is 14.9. The summed E-state index contributed by atoms with van der Waals surface area (Å²) in [6.45, 7) is 0.395. The molecule has 1 aromatic rings. The van der Waals surface area contributed by atoms with E-state index in [0.29, 0.717) is 12.0 Å². The molecule has 1 aromatic heterocycles. The van der Waals surface area contributed by atoms with Crippen LogP contribution in [0.1, 0.15) is 33.6 Å². The van der Waals surface area contributed by atoms with E-state index in [9.17, 15) is 19.2 Å². The fourth-order valence-corrected chi connectivity index (χ4v) is 3.68. The van der Waals surface area contributed by atoms with E-state index in [-0.39, 0.29) is 31.3 Å². The van der Waals surface area contributed by atoms with Crippen molar-refractivity contribution in [2.24, 2.45) is 0 Å². The highest BCUT2D eigenvalue weighted by Crippen LogP contribution is 2.33. The fourth-order valence-electron chi connectivity index (χ4n) is 2.71. The zero-order valence-corrected chi connectivity index (χ0v) is 12.2. The molecule has 1 saturated heterocycles. The van der Waals surface area contributed by atoms with Crippen LogP contribution in [0.5, 0.6) is 0 Å². The number of hydrogen-bond acceptors (Lipinski definition) is 5. The summed E-state index contributed by atoms with van der Waals surface area (Å²) >= 11 is 1.32. The monoisotopic (exact) mass is 323 g/mol. The van der Waals surface area contributed by atoms with Crippen molar-refractivity contribution in [3.05, 3.63) is 21.4 Å². The molecule has 0 aromatic carbocycles. The first-order valence-electron chi connectivity index (χ1n) is 6.68. The minimum Gasteiger partial charge on any atom is -0.465 e. The number of piperidine rings is 1. The molecule has 0 saturated carbocycles. The Kier molecular flexibility index (Phi) is 3.57. The highest BCUT2D eigenvalue weighted by molar-refractivity contribution is 7.10. The van der Waals surface area contributed by atoms with E-state index in [0.717, 1.165) is 10.4 Å². The van der Waals surface area contributed by atoms with E-state index < -0.39 is 18.0 Å². The molecule has 0 bridgehead atoms. The van der Waals surface area contributed by atoms with Gasteiger partial charge >= 0.3 is 6.09 Å². The third kappa shape index (κ3) is 2.43. The Bertz CT molecular complexity index is 683. The molecular weight excluding hydrogens is 310 g/mol. The molecule has 0 radical (unpaired) electrons. The van der Waals surface area contributed by atoms with Crippen LogP contribution < -0.4 is 10.6 Å². The van der Waals surface area contributed by atoms with Crippen LogP contribution in [0.4, 0.5) is 4.79 Å². The van der Waals surface area contributed by atoms with Gasteiger partial charge in [0.15, 0.2) is 0 Å². The largest absolute Gasteiger partial charge is 0.465 e. The quantitative estimate of drug-likeness (QED) is 0.691. The number of hydrogen-bond donors (Lipinski definition) is 3. The number of thiophene rings is 1. The Labute approximate surface area is 129 Å². The van der Waals surface area contributed by atoms with Crippen molar-refractivity contribution in [1.82, 2.24) is 15.5 Å². The lowest BCUT2D eigenvalue weighted by atomic mass is 10.0. The molecule has 3 rings (SSSR count). The average molecular weight is 323 g/mol. The zero-order chi connectivity index (χ0) is 15.9. The summed E-state index contributed by atoms with van der Waals surface area (Å²) in [6.07, 6.45) is -0.610. The molecule has 0 unspecified atom stereocenters. The number of nitrogens with zero attached hydrogens (tertiary/aromatic N) is 1. The Morgan fingerprint density at radius 1 is 1.45 bits per heavy atom. The highest BCUT2D eigenvalue weighted by atomic mass is 32.1. The van der Waals surface area contributed by atoms with Gasteiger partial charge in [0, 0.05) is 23.2 Å². The minimum absolute atomic E-state index is 0.131. The van der Waals surface area contributed by atoms with E-state index in [1.807, 2.05) is 0 Å². The van der Waals surface area contributed by atoms with E-state index in [1.165, 1.54) is 16.2 Å². The number of imide groups is 1. The molecule has 3 heterocycles. The van der Waals surface area contributed by atoms with Crippen LogP contribution in [0.15, 0.2) is 5.38 Å². The van der Waals surface area contributed by atoms with E-state index in [1.54, 1.807) is 5.38 Å². The topological polar surface area (TPSA) is 116 Å². The number of fused-ring (bicyclic) bond motifs is 1. The summed E-state index contributed by atoms with van der Waals surface area (Å²) in [6, 6.07) is -0.650. The van der Waals surface area contributed by atoms with Crippen molar-refractivity contribution in [3.63, 3.8) is 0 Å². The predicted octanol–water partition coefficient (Wildman–Crippen LogP) is 0.277. The van der Waals surface area contributed by atoms with Gasteiger partial charge in [-0.2, -0.15) is 0 Å². The van der Waals surface area contributed by atoms with Crippen LogP contribution in [0, 0.1) is 0 Å². The van der Waals surface area contributed by atoms with Crippen LogP contribution in [-0.2, 0) is 22.7 Å². The van der Waals surface area contributed by atoms with Crippen molar-refractivity contribution in [2.45, 2.75) is 32.0 Å². The highest BCUT2D eigenvalue weighted by Gasteiger charge is 2.40. The number of carboxylic acid groups (broad SMARTS) is 1. The predicted molar refractivity (Wildman–Crippen MR) is 75.2 cm³/mol. The van der Waals surface area contributed by atoms with Gasteiger partial charge in [0.1, 0.15) is 6.04 Å². The summed E-state index contributed by atoms with van der Waals surface area (Å²) in [5.74, 6) is -1.03. The standard InChI is InChI=1S/C13H13N3O5S/c17-10-2-1-8(11(18)15-10)16-4-6-7(12(16)19)5-22-9(6)3-14-13(20)21/h5,8,14H,1-4H2,(H,20,21)(H,15,17,18)/t8-/m0/s1. The Hall–Kier alpha value is -2.42. The molecule has 0 spiro atoms. The van der Waals surface area contributed by atoms with Gasteiger partial charge in [-0.05, 0) is 12.0 Å². The Morgan fingerprint density at radius 3 is 2.91 bits per heavy atom. The first-order valence-corrected chi connectivity index (χ1v) is 7.56. The number of carbonyl (C=O) groups excluding carboxylic acids is 3. The molecule has 4 amide bonds. The van der Waals surface area contributed by atoms with Crippen molar-refractivity contribution >= 4 is 35.2 Å². The SMILES string of the molecule is O=C(O)NCc1scc2c1CN([C@H]1CCC(=O)NC1=O)C2=O. The summed E-state index contributed by atoms with van der Waals surface area (Å²) < 4.78 is 0. The van der Waals surface area contributed by atoms with E-state index >= 15 is 0 Å². The molecule has 2 aliphatic heterocycles. The Balaban J connectivity index is 1.78. The van der Waals surface area contributed by atoms with Crippen LogP contribution in [0.3, 0.4) is 0 Å². The molecular formula is C13H13N3O5S. The second-order valence-electron chi connectivity index (χ2n) is 5.11. The van der Waals surface area contributed by atoms with Crippen molar-refractivity contribution < 1.29 is 24.3 Å². The van der Waals surface area contributed by atoms with Gasteiger partial charge < -0.3 is 15.3 Å². The molecule has 1 fully saturated rings. The van der Waals surface area contributed by atoms with Gasteiger partial charge in [-0.25, -0.2) is 4.79 Å². The molecule has 1 atom stereocenters. The van der Waals surface area contributed by atoms with E-state index in [4.69, 9.17) is 5.11 Å². The summed E-state index contributed by atoms with van der Waals surface area (Å²) in [4.78, 5) is 48.3. The third-order valence-electron chi connectivity index (χ3n) is 3.79. The van der Waals surface area contributed by atoms with Gasteiger partial charge in [-0.3, -0.25) is 19.7 Å². The van der Waals surface area contributed by atoms with Crippen molar-refractivity contribution in [3.8, 4) is 0 Å². The number of carbonyl (C=O) groups is 4. The average Bonchev–Trinajstić information content (AvgIpc) is 2.98. The summed E-state index contributed by atoms with van der Waals surface area (Å²) in [7, 11) is 0. The maximum Gasteiger partial charge on any atom is 0.404 e. The lowest BCUT2D eigenvalue weighted by Crippen LogP contribution is -2.52. The van der Waals surface area contributed by atoms with Crippen LogP contribution >= 0.6 is 11.3 Å². The van der Waals surface area contributed by atoms with Crippen LogP contribution in [-0.4, -0.2) is 39.9 Å². The second-order valence-corrected chi connectivity index (χ2v) is 6.07. The lowest BCUT2D eigenvalue weighted by Gasteiger charge is -2.29. The minimum atomic E-state index is -1.13. The molecule has 22 heavy (non-hydrogen) atoms. The maximum atomic E-state index is 12.4. The van der Waals surface area contributed by atoms with Gasteiger partial charge in [0.25, 0.3) is 5.91 Å². The second kappa shape index (κ2) is 5.41. The maximum absolute atomic E-state index is 12.4. The summed E-state index contributed by atoms with van der Waals surface area (Å²) in [5.41, 5.74) is 1.27. The first kappa shape index (κ1) is 14.5. The molecule has 8 nitrogen and oxygen atoms in total. The van der Waals surface area contributed by atoms with Crippen molar-refractivity contribution in [2.75, 3.05) is 0 Å². The van der Waals surface area contributed by atoms with E-state index in [2.05, 4.69) is 10.6 Å². The van der Waals surface area contributed by atoms with Gasteiger partial charge in [-0.1, -0.05) is 0 Å². The number of rotatable bonds is 3. The molecule has 3 N–H and O–H groups in total. The fraction of sp³-hybridized carbons (Fsp3) is 0.385. The lowest BCUT2D eigenvalue weighted by molar-refractivity contribution is -0.136. The molecule has 9 heteroatoms. The molecule has 0 aliphatic carbocycles. The van der Waals surface area contributed by atoms with Crippen molar-refractivity contribution in [1.29, 1.82) is 0 Å². The third-order valence-corrected chi connectivity index (χ3v) is 4.82. The Morgan fingerprint density at radius 2 is 2.23 bits per heavy atom. The van der Waals surface area contributed by atoms with Gasteiger partial charge in [0.2, 0.25) is 11.8 Å². The zero-order valence-electron chi connectivity index (χ0n) is 11.4.